The summed E-state index contributed by atoms with van der Waals surface area (Å²) in [5, 5.41) is 18.3. The summed E-state index contributed by atoms with van der Waals surface area (Å²) in [4.78, 5) is 34.8. The minimum Gasteiger partial charge on any atom is -0.462 e. The molecule has 0 saturated heterocycles. The van der Waals surface area contributed by atoms with Crippen LogP contribution in [-0.2, 0) is 32.7 Å². The first-order chi connectivity index (χ1) is 23.2. The molecule has 0 saturated carbocycles. The van der Waals surface area contributed by atoms with Crippen LogP contribution >= 0.6 is 7.82 Å². The Morgan fingerprint density at radius 2 is 0.896 bits per heavy atom. The zero-order valence-corrected chi connectivity index (χ0v) is 31.6. The van der Waals surface area contributed by atoms with E-state index in [1.54, 1.807) is 0 Å². The maximum Gasteiger partial charge on any atom is 0.472 e. The highest BCUT2D eigenvalue weighted by Crippen LogP contribution is 2.43. The fourth-order valence-electron chi connectivity index (χ4n) is 5.46. The summed E-state index contributed by atoms with van der Waals surface area (Å²) in [5.41, 5.74) is 0. The molecule has 0 aromatic rings. The van der Waals surface area contributed by atoms with Crippen molar-refractivity contribution in [1.29, 1.82) is 0 Å². The Hall–Kier alpha value is -1.03. The van der Waals surface area contributed by atoms with Crippen LogP contribution in [0.15, 0.2) is 0 Å². The van der Waals surface area contributed by atoms with Crippen molar-refractivity contribution in [2.45, 2.75) is 199 Å². The summed E-state index contributed by atoms with van der Waals surface area (Å²) in [6.07, 6.45) is 27.8. The van der Waals surface area contributed by atoms with Crippen molar-refractivity contribution >= 4 is 19.8 Å². The molecule has 0 rings (SSSR count). The number of carbonyl (C=O) groups is 2. The third-order valence-corrected chi connectivity index (χ3v) is 9.46. The molecule has 0 fully saturated rings. The van der Waals surface area contributed by atoms with Crippen LogP contribution in [0.2, 0.25) is 0 Å². The molecule has 11 heteroatoms. The summed E-state index contributed by atoms with van der Waals surface area (Å²) in [7, 11) is -4.60. The molecule has 0 spiro atoms. The Kier molecular flexibility index (Phi) is 33.7. The van der Waals surface area contributed by atoms with Crippen molar-refractivity contribution in [2.75, 3.05) is 26.4 Å². The highest BCUT2D eigenvalue weighted by molar-refractivity contribution is 7.47. The Morgan fingerprint density at radius 1 is 0.542 bits per heavy atom. The Bertz CT molecular complexity index is 781. The number of esters is 2. The molecule has 0 aliphatic carbocycles. The molecule has 0 bridgehead atoms. The number of aliphatic hydroxyl groups excluding tert-OH is 2. The first-order valence-corrected chi connectivity index (χ1v) is 21.0. The van der Waals surface area contributed by atoms with Gasteiger partial charge in [-0.2, -0.15) is 0 Å². The van der Waals surface area contributed by atoms with E-state index < -0.39 is 51.8 Å². The van der Waals surface area contributed by atoms with Crippen molar-refractivity contribution in [2.24, 2.45) is 0 Å². The Labute approximate surface area is 293 Å². The minimum atomic E-state index is -4.60. The summed E-state index contributed by atoms with van der Waals surface area (Å²) in [6.45, 7) is 2.38. The molecule has 0 heterocycles. The van der Waals surface area contributed by atoms with E-state index in [2.05, 4.69) is 18.4 Å². The molecule has 1 unspecified atom stereocenters. The molecule has 3 atom stereocenters. The van der Waals surface area contributed by atoms with Gasteiger partial charge in [-0.3, -0.25) is 18.6 Å². The van der Waals surface area contributed by atoms with Crippen molar-refractivity contribution in [3.05, 3.63) is 0 Å². The highest BCUT2D eigenvalue weighted by atomic mass is 31.2. The largest absolute Gasteiger partial charge is 0.472 e. The SMILES string of the molecule is CCCCCCCCCCCCCCCCC(=O)O[C@H](COC(=O)CCCCCCCCCCCCC)COP(=O)(O)OC[C@@H](O)CO. The maximum atomic E-state index is 12.5. The van der Waals surface area contributed by atoms with Gasteiger partial charge in [0, 0.05) is 12.8 Å². The van der Waals surface area contributed by atoms with Crippen LogP contribution in [-0.4, -0.2) is 65.7 Å². The van der Waals surface area contributed by atoms with Gasteiger partial charge in [-0.25, -0.2) is 4.57 Å². The lowest BCUT2D eigenvalue weighted by molar-refractivity contribution is -0.161. The van der Waals surface area contributed by atoms with E-state index >= 15 is 0 Å². The first-order valence-electron chi connectivity index (χ1n) is 19.5. The number of aliphatic hydroxyl groups is 2. The molecular formula is C37H73O10P. The van der Waals surface area contributed by atoms with Gasteiger partial charge in [0.15, 0.2) is 6.10 Å². The maximum absolute atomic E-state index is 12.5. The number of unbranched alkanes of at least 4 members (excludes halogenated alkanes) is 23. The van der Waals surface area contributed by atoms with Gasteiger partial charge in [-0.15, -0.1) is 0 Å². The van der Waals surface area contributed by atoms with Gasteiger partial charge in [-0.1, -0.05) is 162 Å². The monoisotopic (exact) mass is 708 g/mol. The smallest absolute Gasteiger partial charge is 0.462 e. The number of ether oxygens (including phenoxy) is 2. The van der Waals surface area contributed by atoms with Crippen molar-refractivity contribution < 1.29 is 47.8 Å². The van der Waals surface area contributed by atoms with Crippen LogP contribution in [0.5, 0.6) is 0 Å². The van der Waals surface area contributed by atoms with Crippen LogP contribution in [0, 0.1) is 0 Å². The molecule has 3 N–H and O–H groups in total. The normalized spacial score (nSPS) is 14.0. The molecule has 0 radical (unpaired) electrons. The van der Waals surface area contributed by atoms with Gasteiger partial charge in [0.25, 0.3) is 0 Å². The molecular weight excluding hydrogens is 635 g/mol. The third-order valence-electron chi connectivity index (χ3n) is 8.51. The second-order valence-corrected chi connectivity index (χ2v) is 14.8. The summed E-state index contributed by atoms with van der Waals surface area (Å²) >= 11 is 0. The molecule has 286 valence electrons. The fourth-order valence-corrected chi connectivity index (χ4v) is 6.25. The van der Waals surface area contributed by atoms with E-state index in [0.717, 1.165) is 38.5 Å². The second kappa shape index (κ2) is 34.4. The summed E-state index contributed by atoms with van der Waals surface area (Å²) in [6, 6.07) is 0. The van der Waals surface area contributed by atoms with Gasteiger partial charge in [-0.05, 0) is 12.8 Å². The van der Waals surface area contributed by atoms with Gasteiger partial charge < -0.3 is 24.6 Å². The molecule has 0 aliphatic heterocycles. The van der Waals surface area contributed by atoms with Gasteiger partial charge in [0.1, 0.15) is 12.7 Å². The second-order valence-electron chi connectivity index (χ2n) is 13.3. The van der Waals surface area contributed by atoms with E-state index in [-0.39, 0.29) is 19.4 Å². The predicted octanol–water partition coefficient (Wildman–Crippen LogP) is 9.50. The van der Waals surface area contributed by atoms with Crippen molar-refractivity contribution in [3.8, 4) is 0 Å². The van der Waals surface area contributed by atoms with Crippen LogP contribution in [0.1, 0.15) is 187 Å². The van der Waals surface area contributed by atoms with Crippen LogP contribution in [0.25, 0.3) is 0 Å². The number of hydrogen-bond donors (Lipinski definition) is 3. The zero-order valence-electron chi connectivity index (χ0n) is 30.7. The van der Waals surface area contributed by atoms with Crippen LogP contribution in [0.3, 0.4) is 0 Å². The average Bonchev–Trinajstić information content (AvgIpc) is 3.07. The Balaban J connectivity index is 4.32. The number of phosphoric acid groups is 1. The molecule has 0 amide bonds. The molecule has 0 aromatic heterocycles. The number of rotatable bonds is 37. The first kappa shape index (κ1) is 47.0. The summed E-state index contributed by atoms with van der Waals surface area (Å²) in [5.74, 6) is -0.915. The average molecular weight is 709 g/mol. The van der Waals surface area contributed by atoms with E-state index in [1.165, 1.54) is 109 Å². The van der Waals surface area contributed by atoms with E-state index in [0.29, 0.717) is 12.8 Å². The standard InChI is InChI=1S/C37H73O10P/c1-3-5-7-9-11-13-15-16-17-19-21-23-25-27-29-37(41)47-35(33-46-48(42,43)45-31-34(39)30-38)32-44-36(40)28-26-24-22-20-18-14-12-10-8-6-4-2/h34-35,38-39H,3-33H2,1-2H3,(H,42,43)/t34-,35+/m0/s1. The minimum absolute atomic E-state index is 0.192. The Morgan fingerprint density at radius 3 is 1.29 bits per heavy atom. The van der Waals surface area contributed by atoms with Crippen LogP contribution in [0.4, 0.5) is 0 Å². The number of carbonyl (C=O) groups excluding carboxylic acids is 2. The highest BCUT2D eigenvalue weighted by Gasteiger charge is 2.27. The van der Waals surface area contributed by atoms with E-state index in [1.807, 2.05) is 0 Å². The number of phosphoric ester groups is 1. The van der Waals surface area contributed by atoms with Gasteiger partial charge in [0.2, 0.25) is 0 Å². The van der Waals surface area contributed by atoms with Gasteiger partial charge in [0.05, 0.1) is 19.8 Å². The third kappa shape index (κ3) is 33.5. The molecule has 10 nitrogen and oxygen atoms in total. The lowest BCUT2D eigenvalue weighted by Crippen LogP contribution is -2.29. The predicted molar refractivity (Wildman–Crippen MR) is 192 cm³/mol. The lowest BCUT2D eigenvalue weighted by Gasteiger charge is -2.20. The molecule has 0 aromatic carbocycles. The fraction of sp³-hybridized carbons (Fsp3) is 0.946. The topological polar surface area (TPSA) is 149 Å². The quantitative estimate of drug-likeness (QED) is 0.0324. The van der Waals surface area contributed by atoms with E-state index in [9.17, 15) is 24.2 Å². The molecule has 0 aliphatic rings. The van der Waals surface area contributed by atoms with Gasteiger partial charge >= 0.3 is 19.8 Å². The number of hydrogen-bond acceptors (Lipinski definition) is 9. The zero-order chi connectivity index (χ0) is 35.6. The van der Waals surface area contributed by atoms with Crippen molar-refractivity contribution in [1.82, 2.24) is 0 Å². The van der Waals surface area contributed by atoms with Crippen LogP contribution < -0.4 is 0 Å². The summed E-state index contributed by atoms with van der Waals surface area (Å²) < 4.78 is 32.6. The lowest BCUT2D eigenvalue weighted by atomic mass is 10.0. The van der Waals surface area contributed by atoms with Crippen molar-refractivity contribution in [3.63, 3.8) is 0 Å². The molecule has 48 heavy (non-hydrogen) atoms. The van der Waals surface area contributed by atoms with E-state index in [4.69, 9.17) is 19.1 Å².